The predicted octanol–water partition coefficient (Wildman–Crippen LogP) is 4.21. The molecular weight excluding hydrogens is 286 g/mol. The van der Waals surface area contributed by atoms with Gasteiger partial charge in [0.15, 0.2) is 0 Å². The smallest absolute Gasteiger partial charge is 0.137 e. The van der Waals surface area contributed by atoms with Gasteiger partial charge in [0.05, 0.1) is 12.1 Å². The molecule has 0 spiro atoms. The van der Waals surface area contributed by atoms with Gasteiger partial charge in [0.1, 0.15) is 17.9 Å². The van der Waals surface area contributed by atoms with Crippen LogP contribution in [0, 0.1) is 6.92 Å². The molecule has 0 bridgehead atoms. The summed E-state index contributed by atoms with van der Waals surface area (Å²) < 4.78 is 5.81. The first-order valence-corrected chi connectivity index (χ1v) is 7.96. The molecule has 0 saturated carbocycles. The van der Waals surface area contributed by atoms with Crippen LogP contribution in [0.15, 0.2) is 54.9 Å². The SMILES string of the molecule is Cc1ccccc1OCCCCNc1ncnc2ccccc12. The van der Waals surface area contributed by atoms with Crippen molar-refractivity contribution in [2.24, 2.45) is 0 Å². The number of hydrogen-bond acceptors (Lipinski definition) is 4. The van der Waals surface area contributed by atoms with Gasteiger partial charge in [-0.05, 0) is 43.5 Å². The molecule has 1 N–H and O–H groups in total. The highest BCUT2D eigenvalue weighted by Crippen LogP contribution is 2.18. The predicted molar refractivity (Wildman–Crippen MR) is 93.9 cm³/mol. The topological polar surface area (TPSA) is 47.0 Å². The van der Waals surface area contributed by atoms with E-state index in [1.54, 1.807) is 6.33 Å². The minimum Gasteiger partial charge on any atom is -0.493 e. The van der Waals surface area contributed by atoms with Crippen molar-refractivity contribution in [1.82, 2.24) is 9.97 Å². The average molecular weight is 307 g/mol. The molecular formula is C19H21N3O. The van der Waals surface area contributed by atoms with Gasteiger partial charge in [-0.25, -0.2) is 9.97 Å². The fourth-order valence-electron chi connectivity index (χ4n) is 2.48. The number of aryl methyl sites for hydroxylation is 1. The van der Waals surface area contributed by atoms with Crippen LogP contribution >= 0.6 is 0 Å². The lowest BCUT2D eigenvalue weighted by atomic mass is 10.2. The summed E-state index contributed by atoms with van der Waals surface area (Å²) in [5.74, 6) is 1.87. The summed E-state index contributed by atoms with van der Waals surface area (Å²) in [6, 6.07) is 16.1. The molecule has 0 radical (unpaired) electrons. The van der Waals surface area contributed by atoms with E-state index < -0.39 is 0 Å². The largest absolute Gasteiger partial charge is 0.493 e. The summed E-state index contributed by atoms with van der Waals surface area (Å²) in [5.41, 5.74) is 2.14. The summed E-state index contributed by atoms with van der Waals surface area (Å²) in [6.07, 6.45) is 3.64. The van der Waals surface area contributed by atoms with Gasteiger partial charge in [0, 0.05) is 11.9 Å². The van der Waals surface area contributed by atoms with Crippen LogP contribution in [0.3, 0.4) is 0 Å². The van der Waals surface area contributed by atoms with Gasteiger partial charge in [0.25, 0.3) is 0 Å². The maximum absolute atomic E-state index is 5.81. The monoisotopic (exact) mass is 307 g/mol. The van der Waals surface area contributed by atoms with E-state index in [9.17, 15) is 0 Å². The number of para-hydroxylation sites is 2. The van der Waals surface area contributed by atoms with Crippen LogP contribution in [0.2, 0.25) is 0 Å². The van der Waals surface area contributed by atoms with Crippen molar-refractivity contribution in [3.05, 3.63) is 60.4 Å². The van der Waals surface area contributed by atoms with Gasteiger partial charge in [-0.3, -0.25) is 0 Å². The van der Waals surface area contributed by atoms with E-state index in [-0.39, 0.29) is 0 Å². The van der Waals surface area contributed by atoms with E-state index in [4.69, 9.17) is 4.74 Å². The van der Waals surface area contributed by atoms with Gasteiger partial charge >= 0.3 is 0 Å². The first kappa shape index (κ1) is 15.3. The number of unbranched alkanes of at least 4 members (excludes halogenated alkanes) is 1. The third-order valence-corrected chi connectivity index (χ3v) is 3.76. The summed E-state index contributed by atoms with van der Waals surface area (Å²) in [5, 5.41) is 4.45. The molecule has 4 nitrogen and oxygen atoms in total. The van der Waals surface area contributed by atoms with Gasteiger partial charge in [0.2, 0.25) is 0 Å². The van der Waals surface area contributed by atoms with Crippen molar-refractivity contribution in [2.45, 2.75) is 19.8 Å². The number of benzene rings is 2. The zero-order valence-corrected chi connectivity index (χ0v) is 13.3. The number of nitrogens with zero attached hydrogens (tertiary/aromatic N) is 2. The zero-order chi connectivity index (χ0) is 15.9. The Morgan fingerprint density at radius 2 is 1.78 bits per heavy atom. The zero-order valence-electron chi connectivity index (χ0n) is 13.3. The fourth-order valence-corrected chi connectivity index (χ4v) is 2.48. The molecule has 118 valence electrons. The molecule has 0 saturated heterocycles. The van der Waals surface area contributed by atoms with E-state index in [1.807, 2.05) is 42.5 Å². The number of rotatable bonds is 7. The van der Waals surface area contributed by atoms with Crippen LogP contribution in [-0.4, -0.2) is 23.1 Å². The Balaban J connectivity index is 1.44. The second kappa shape index (κ2) is 7.58. The molecule has 3 rings (SSSR count). The highest BCUT2D eigenvalue weighted by atomic mass is 16.5. The molecule has 3 aromatic rings. The molecule has 0 aliphatic heterocycles. The summed E-state index contributed by atoms with van der Waals surface area (Å²) >= 11 is 0. The van der Waals surface area contributed by atoms with Crippen molar-refractivity contribution < 1.29 is 4.74 Å². The summed E-state index contributed by atoms with van der Waals surface area (Å²) in [6.45, 7) is 3.67. The molecule has 0 unspecified atom stereocenters. The Labute approximate surface area is 136 Å². The van der Waals surface area contributed by atoms with Crippen molar-refractivity contribution in [2.75, 3.05) is 18.5 Å². The number of hydrogen-bond donors (Lipinski definition) is 1. The Kier molecular flexibility index (Phi) is 5.04. The van der Waals surface area contributed by atoms with Gasteiger partial charge in [-0.2, -0.15) is 0 Å². The van der Waals surface area contributed by atoms with Crippen LogP contribution < -0.4 is 10.1 Å². The van der Waals surface area contributed by atoms with Crippen molar-refractivity contribution in [3.63, 3.8) is 0 Å². The molecule has 0 amide bonds. The minimum absolute atomic E-state index is 0.733. The van der Waals surface area contributed by atoms with Gasteiger partial charge in [-0.15, -0.1) is 0 Å². The highest BCUT2D eigenvalue weighted by molar-refractivity contribution is 5.88. The van der Waals surface area contributed by atoms with Crippen molar-refractivity contribution >= 4 is 16.7 Å². The third-order valence-electron chi connectivity index (χ3n) is 3.76. The molecule has 4 heteroatoms. The van der Waals surface area contributed by atoms with Crippen molar-refractivity contribution in [1.29, 1.82) is 0 Å². The van der Waals surface area contributed by atoms with Gasteiger partial charge < -0.3 is 10.1 Å². The lowest BCUT2D eigenvalue weighted by molar-refractivity contribution is 0.306. The second-order valence-electron chi connectivity index (χ2n) is 5.49. The number of aromatic nitrogens is 2. The van der Waals surface area contributed by atoms with Crippen molar-refractivity contribution in [3.8, 4) is 5.75 Å². The number of ether oxygens (including phenoxy) is 1. The van der Waals surface area contributed by atoms with Crippen LogP contribution in [0.1, 0.15) is 18.4 Å². The van der Waals surface area contributed by atoms with Crippen LogP contribution in [0.4, 0.5) is 5.82 Å². The molecule has 2 aromatic carbocycles. The van der Waals surface area contributed by atoms with Gasteiger partial charge in [-0.1, -0.05) is 30.3 Å². The van der Waals surface area contributed by atoms with E-state index in [0.717, 1.165) is 48.5 Å². The Morgan fingerprint density at radius 1 is 0.957 bits per heavy atom. The van der Waals surface area contributed by atoms with Crippen LogP contribution in [-0.2, 0) is 0 Å². The van der Waals surface area contributed by atoms with E-state index in [2.05, 4.69) is 28.3 Å². The normalized spacial score (nSPS) is 10.7. The maximum Gasteiger partial charge on any atom is 0.137 e. The maximum atomic E-state index is 5.81. The number of nitrogens with one attached hydrogen (secondary N) is 1. The average Bonchev–Trinajstić information content (AvgIpc) is 2.59. The Bertz CT molecular complexity index is 768. The first-order valence-electron chi connectivity index (χ1n) is 7.96. The molecule has 23 heavy (non-hydrogen) atoms. The molecule has 1 aromatic heterocycles. The minimum atomic E-state index is 0.733. The standard InChI is InChI=1S/C19H21N3O/c1-15-8-2-5-11-18(15)23-13-7-6-12-20-19-16-9-3-4-10-17(16)21-14-22-19/h2-5,8-11,14H,6-7,12-13H2,1H3,(H,20,21,22). The third kappa shape index (κ3) is 3.97. The van der Waals surface area contributed by atoms with Crippen LogP contribution in [0.5, 0.6) is 5.75 Å². The molecule has 0 aliphatic carbocycles. The van der Waals surface area contributed by atoms with Crippen LogP contribution in [0.25, 0.3) is 10.9 Å². The van der Waals surface area contributed by atoms with E-state index >= 15 is 0 Å². The lowest BCUT2D eigenvalue weighted by Crippen LogP contribution is -2.07. The molecule has 0 atom stereocenters. The first-order chi connectivity index (χ1) is 11.3. The van der Waals surface area contributed by atoms with E-state index in [1.165, 1.54) is 5.56 Å². The molecule has 0 fully saturated rings. The fraction of sp³-hybridized carbons (Fsp3) is 0.263. The second-order valence-corrected chi connectivity index (χ2v) is 5.49. The summed E-state index contributed by atoms with van der Waals surface area (Å²) in [4.78, 5) is 8.60. The highest BCUT2D eigenvalue weighted by Gasteiger charge is 2.02. The lowest BCUT2D eigenvalue weighted by Gasteiger charge is -2.10. The molecule has 1 heterocycles. The summed E-state index contributed by atoms with van der Waals surface area (Å²) in [7, 11) is 0. The van der Waals surface area contributed by atoms with E-state index in [0.29, 0.717) is 0 Å². The quantitative estimate of drug-likeness (QED) is 0.664. The Morgan fingerprint density at radius 3 is 2.70 bits per heavy atom. The number of anilines is 1. The molecule has 0 aliphatic rings. The number of fused-ring (bicyclic) bond motifs is 1. The Hall–Kier alpha value is -2.62.